The predicted molar refractivity (Wildman–Crippen MR) is 83.8 cm³/mol. The topological polar surface area (TPSA) is 61.0 Å². The van der Waals surface area contributed by atoms with Gasteiger partial charge in [0, 0.05) is 18.2 Å². The minimum atomic E-state index is 0.0367. The Morgan fingerprint density at radius 2 is 2.10 bits per heavy atom. The molecule has 5 heteroatoms. The molecule has 1 aromatic carbocycles. The quantitative estimate of drug-likeness (QED) is 0.856. The maximum absolute atomic E-state index is 11.6. The fourth-order valence-corrected chi connectivity index (χ4v) is 2.16. The van der Waals surface area contributed by atoms with Crippen LogP contribution in [0.2, 0.25) is 0 Å². The summed E-state index contributed by atoms with van der Waals surface area (Å²) in [5.41, 5.74) is 3.00. The number of carbonyl (C=O) groups is 1. The molecule has 1 atom stereocenters. The molecular formula is C16H22N4O. The Morgan fingerprint density at radius 3 is 2.76 bits per heavy atom. The van der Waals surface area contributed by atoms with Crippen molar-refractivity contribution in [3.63, 3.8) is 0 Å². The molecule has 0 aliphatic rings. The first-order valence-corrected chi connectivity index (χ1v) is 7.19. The number of hydrogen-bond acceptors (Lipinski definition) is 3. The molecule has 0 aliphatic carbocycles. The number of amides is 1. The van der Waals surface area contributed by atoms with Crippen LogP contribution in [-0.4, -0.2) is 41.1 Å². The average Bonchev–Trinajstić information content (AvgIpc) is 2.97. The molecular weight excluding hydrogens is 264 g/mol. The Kier molecular flexibility index (Phi) is 5.11. The highest BCUT2D eigenvalue weighted by Crippen LogP contribution is 2.22. The van der Waals surface area contributed by atoms with Gasteiger partial charge in [0.2, 0.25) is 5.91 Å². The van der Waals surface area contributed by atoms with E-state index in [0.29, 0.717) is 13.1 Å². The number of hydrogen-bond donors (Lipinski definition) is 2. The van der Waals surface area contributed by atoms with Crippen LogP contribution in [0, 0.1) is 0 Å². The Bertz CT molecular complexity index is 579. The lowest BCUT2D eigenvalue weighted by Crippen LogP contribution is -2.36. The highest BCUT2D eigenvalue weighted by Gasteiger charge is 2.17. The summed E-state index contributed by atoms with van der Waals surface area (Å²) in [4.78, 5) is 13.6. The van der Waals surface area contributed by atoms with Gasteiger partial charge in [-0.1, -0.05) is 30.3 Å². The lowest BCUT2D eigenvalue weighted by molar-refractivity contribution is -0.122. The van der Waals surface area contributed by atoms with Crippen LogP contribution in [0.4, 0.5) is 0 Å². The molecule has 2 N–H and O–H groups in total. The van der Waals surface area contributed by atoms with Gasteiger partial charge in [-0.05, 0) is 27.0 Å². The monoisotopic (exact) mass is 286 g/mol. The molecule has 2 aromatic rings. The van der Waals surface area contributed by atoms with Crippen LogP contribution in [0.3, 0.4) is 0 Å². The molecule has 0 aliphatic heterocycles. The van der Waals surface area contributed by atoms with Crippen LogP contribution >= 0.6 is 0 Å². The van der Waals surface area contributed by atoms with Crippen LogP contribution in [-0.2, 0) is 4.79 Å². The minimum absolute atomic E-state index is 0.0367. The second kappa shape index (κ2) is 7.04. The minimum Gasteiger partial charge on any atom is -0.355 e. The summed E-state index contributed by atoms with van der Waals surface area (Å²) < 4.78 is 0. The number of carbonyl (C=O) groups excluding carboxylic acids is 1. The predicted octanol–water partition coefficient (Wildman–Crippen LogP) is 2.21. The maximum atomic E-state index is 11.6. The molecule has 0 saturated heterocycles. The SMILES string of the molecule is CCNC(=O)CN(C)C(C)c1cc(-c2ccccc2)n[nH]1. The Morgan fingerprint density at radius 1 is 1.38 bits per heavy atom. The summed E-state index contributed by atoms with van der Waals surface area (Å²) in [6.45, 7) is 5.00. The van der Waals surface area contributed by atoms with Crippen molar-refractivity contribution in [3.8, 4) is 11.3 Å². The van der Waals surface area contributed by atoms with E-state index >= 15 is 0 Å². The number of benzene rings is 1. The number of H-pyrrole nitrogens is 1. The van der Waals surface area contributed by atoms with Gasteiger partial charge in [0.25, 0.3) is 0 Å². The Labute approximate surface area is 125 Å². The molecule has 1 amide bonds. The van der Waals surface area contributed by atoms with Crippen molar-refractivity contribution in [1.29, 1.82) is 0 Å². The molecule has 0 spiro atoms. The van der Waals surface area contributed by atoms with E-state index in [0.717, 1.165) is 17.0 Å². The third-order valence-corrected chi connectivity index (χ3v) is 3.55. The van der Waals surface area contributed by atoms with Gasteiger partial charge in [-0.25, -0.2) is 0 Å². The third-order valence-electron chi connectivity index (χ3n) is 3.55. The zero-order valence-electron chi connectivity index (χ0n) is 12.8. The number of nitrogens with one attached hydrogen (secondary N) is 2. The number of aromatic amines is 1. The lowest BCUT2D eigenvalue weighted by atomic mass is 10.1. The van der Waals surface area contributed by atoms with Crippen LogP contribution in [0.25, 0.3) is 11.3 Å². The Balaban J connectivity index is 2.05. The van der Waals surface area contributed by atoms with Crippen LogP contribution in [0.15, 0.2) is 36.4 Å². The lowest BCUT2D eigenvalue weighted by Gasteiger charge is -2.22. The molecule has 0 bridgehead atoms. The van der Waals surface area contributed by atoms with E-state index < -0.39 is 0 Å². The standard InChI is InChI=1S/C16H22N4O/c1-4-17-16(21)11-20(3)12(2)14-10-15(19-18-14)13-8-6-5-7-9-13/h5-10,12H,4,11H2,1-3H3,(H,17,21)(H,18,19). The number of aromatic nitrogens is 2. The first-order valence-electron chi connectivity index (χ1n) is 7.19. The molecule has 5 nitrogen and oxygen atoms in total. The zero-order valence-corrected chi connectivity index (χ0v) is 12.8. The van der Waals surface area contributed by atoms with E-state index in [9.17, 15) is 4.79 Å². The van der Waals surface area contributed by atoms with Crippen LogP contribution in [0.5, 0.6) is 0 Å². The smallest absolute Gasteiger partial charge is 0.234 e. The van der Waals surface area contributed by atoms with E-state index in [1.807, 2.05) is 55.3 Å². The molecule has 2 rings (SSSR count). The molecule has 112 valence electrons. The second-order valence-corrected chi connectivity index (χ2v) is 5.12. The first-order chi connectivity index (χ1) is 10.1. The summed E-state index contributed by atoms with van der Waals surface area (Å²) in [5.74, 6) is 0.0367. The summed E-state index contributed by atoms with van der Waals surface area (Å²) in [6.07, 6.45) is 0. The van der Waals surface area contributed by atoms with Crippen molar-refractivity contribution in [2.24, 2.45) is 0 Å². The maximum Gasteiger partial charge on any atom is 0.234 e. The van der Waals surface area contributed by atoms with E-state index in [1.54, 1.807) is 0 Å². The molecule has 1 unspecified atom stereocenters. The fraction of sp³-hybridized carbons (Fsp3) is 0.375. The Hall–Kier alpha value is -2.14. The normalized spacial score (nSPS) is 12.4. The van der Waals surface area contributed by atoms with Crippen LogP contribution in [0.1, 0.15) is 25.6 Å². The van der Waals surface area contributed by atoms with E-state index in [1.165, 1.54) is 0 Å². The summed E-state index contributed by atoms with van der Waals surface area (Å²) >= 11 is 0. The number of rotatable bonds is 6. The van der Waals surface area contributed by atoms with Gasteiger partial charge < -0.3 is 5.32 Å². The summed E-state index contributed by atoms with van der Waals surface area (Å²) in [7, 11) is 1.93. The van der Waals surface area contributed by atoms with Gasteiger partial charge in [-0.3, -0.25) is 14.8 Å². The van der Waals surface area contributed by atoms with Crippen molar-refractivity contribution in [2.45, 2.75) is 19.9 Å². The van der Waals surface area contributed by atoms with Gasteiger partial charge in [-0.2, -0.15) is 5.10 Å². The van der Waals surface area contributed by atoms with E-state index in [2.05, 4.69) is 22.4 Å². The van der Waals surface area contributed by atoms with Gasteiger partial charge in [0.05, 0.1) is 17.9 Å². The number of nitrogens with zero attached hydrogens (tertiary/aromatic N) is 2. The van der Waals surface area contributed by atoms with Crippen LogP contribution < -0.4 is 5.32 Å². The largest absolute Gasteiger partial charge is 0.355 e. The molecule has 1 aromatic heterocycles. The summed E-state index contributed by atoms with van der Waals surface area (Å²) in [5, 5.41) is 10.2. The van der Waals surface area contributed by atoms with Crippen molar-refractivity contribution in [3.05, 3.63) is 42.1 Å². The van der Waals surface area contributed by atoms with Crippen molar-refractivity contribution in [2.75, 3.05) is 20.1 Å². The summed E-state index contributed by atoms with van der Waals surface area (Å²) in [6, 6.07) is 12.2. The molecule has 0 saturated carbocycles. The second-order valence-electron chi connectivity index (χ2n) is 5.12. The average molecular weight is 286 g/mol. The van der Waals surface area contributed by atoms with Gasteiger partial charge in [0.15, 0.2) is 0 Å². The van der Waals surface area contributed by atoms with E-state index in [-0.39, 0.29) is 11.9 Å². The van der Waals surface area contributed by atoms with Crippen molar-refractivity contribution >= 4 is 5.91 Å². The zero-order chi connectivity index (χ0) is 15.2. The molecule has 21 heavy (non-hydrogen) atoms. The highest BCUT2D eigenvalue weighted by atomic mass is 16.2. The fourth-order valence-electron chi connectivity index (χ4n) is 2.16. The molecule has 0 fully saturated rings. The highest BCUT2D eigenvalue weighted by molar-refractivity contribution is 5.77. The van der Waals surface area contributed by atoms with Gasteiger partial charge in [-0.15, -0.1) is 0 Å². The molecule has 1 heterocycles. The first kappa shape index (κ1) is 15.3. The van der Waals surface area contributed by atoms with Gasteiger partial charge >= 0.3 is 0 Å². The van der Waals surface area contributed by atoms with Gasteiger partial charge in [0.1, 0.15) is 0 Å². The van der Waals surface area contributed by atoms with Crippen molar-refractivity contribution in [1.82, 2.24) is 20.4 Å². The van der Waals surface area contributed by atoms with E-state index in [4.69, 9.17) is 0 Å². The number of likely N-dealkylation sites (N-methyl/N-ethyl adjacent to an activating group) is 2. The van der Waals surface area contributed by atoms with Crippen molar-refractivity contribution < 1.29 is 4.79 Å². The third kappa shape index (κ3) is 3.92. The molecule has 0 radical (unpaired) electrons.